The Morgan fingerprint density at radius 3 is 2.29 bits per heavy atom. The Balaban J connectivity index is 1.10. The van der Waals surface area contributed by atoms with Gasteiger partial charge < -0.3 is 18.9 Å². The van der Waals surface area contributed by atoms with E-state index in [9.17, 15) is 19.9 Å². The zero-order chi connectivity index (χ0) is 35.8. The molecule has 3 saturated carbocycles. The minimum Gasteiger partial charge on any atom is -0.458 e. The van der Waals surface area contributed by atoms with Gasteiger partial charge in [-0.1, -0.05) is 73.9 Å². The number of hydrogen-bond donors (Lipinski definition) is 0. The van der Waals surface area contributed by atoms with E-state index >= 15 is 0 Å². The Kier molecular flexibility index (Phi) is 8.24. The van der Waals surface area contributed by atoms with E-state index in [1.807, 2.05) is 43.3 Å². The van der Waals surface area contributed by atoms with Gasteiger partial charge in [-0.05, 0) is 92.0 Å². The second kappa shape index (κ2) is 12.3. The van der Waals surface area contributed by atoms with E-state index in [-0.39, 0.29) is 65.4 Å². The number of nitrogens with zero attached hydrogens (tertiary/aromatic N) is 3. The summed E-state index contributed by atoms with van der Waals surface area (Å²) in [7, 11) is 0. The Labute approximate surface area is 298 Å². The molecule has 1 spiro atoms. The molecule has 0 amide bonds. The molecule has 0 radical (unpaired) electrons. The second-order valence-electron chi connectivity index (χ2n) is 16.7. The third-order valence-electron chi connectivity index (χ3n) is 14.1. The molecule has 0 N–H and O–H groups in total. The number of carbonyl (C=O) groups excluding carboxylic acids is 3. The first-order valence-corrected chi connectivity index (χ1v) is 18.6. The van der Waals surface area contributed by atoms with Crippen molar-refractivity contribution >= 4 is 17.7 Å². The van der Waals surface area contributed by atoms with Gasteiger partial charge in [-0.2, -0.15) is 0 Å². The van der Waals surface area contributed by atoms with Crippen LogP contribution in [0.3, 0.4) is 0 Å². The number of ketones is 1. The molecular weight excluding hydrogens is 646 g/mol. The average Bonchev–Trinajstić information content (AvgIpc) is 3.58. The van der Waals surface area contributed by atoms with Crippen LogP contribution in [-0.4, -0.2) is 54.0 Å². The van der Waals surface area contributed by atoms with Crippen molar-refractivity contribution in [2.75, 3.05) is 6.61 Å². The Morgan fingerprint density at radius 2 is 1.65 bits per heavy atom. The Morgan fingerprint density at radius 1 is 0.961 bits per heavy atom. The van der Waals surface area contributed by atoms with E-state index in [2.05, 4.69) is 36.9 Å². The fourth-order valence-corrected chi connectivity index (χ4v) is 11.3. The summed E-state index contributed by atoms with van der Waals surface area (Å²) in [6.07, 6.45) is 6.23. The molecule has 0 aromatic heterocycles. The van der Waals surface area contributed by atoms with E-state index in [0.29, 0.717) is 43.2 Å². The highest BCUT2D eigenvalue weighted by Gasteiger charge is 2.70. The van der Waals surface area contributed by atoms with Crippen LogP contribution in [0.25, 0.3) is 10.4 Å². The van der Waals surface area contributed by atoms with Crippen LogP contribution in [0.1, 0.15) is 93.4 Å². The van der Waals surface area contributed by atoms with Gasteiger partial charge in [0.05, 0.1) is 29.9 Å². The van der Waals surface area contributed by atoms with Gasteiger partial charge in [-0.25, -0.2) is 9.59 Å². The third-order valence-corrected chi connectivity index (χ3v) is 14.1. The maximum absolute atomic E-state index is 13.8. The summed E-state index contributed by atoms with van der Waals surface area (Å²) < 4.78 is 26.3. The zero-order valence-electron chi connectivity index (χ0n) is 29.8. The van der Waals surface area contributed by atoms with Crippen molar-refractivity contribution in [2.24, 2.45) is 45.5 Å². The number of fused-ring (bicyclic) bond motifs is 7. The van der Waals surface area contributed by atoms with E-state index in [1.165, 1.54) is 5.57 Å². The SMILES string of the molecule is C[C@H]1[C@H]2[C@H](C=C3[C@@H]4CC[C@H]5CC(=O)[C@H](N=[N+]=[N-])C[C@]5(C)[C@H]4C[C@H](OC(=O)c4ccccc4)[C@@]32C)O[C@]12CC[C@](C)(OC(=O)c1ccccc1)CO2. The number of azide groups is 1. The van der Waals surface area contributed by atoms with Crippen LogP contribution < -0.4 is 0 Å². The van der Waals surface area contributed by atoms with Crippen molar-refractivity contribution in [3.63, 3.8) is 0 Å². The van der Waals surface area contributed by atoms with Gasteiger partial charge in [-0.15, -0.1) is 0 Å². The van der Waals surface area contributed by atoms with E-state index < -0.39 is 28.9 Å². The summed E-state index contributed by atoms with van der Waals surface area (Å²) in [5.74, 6) is -1.04. The van der Waals surface area contributed by atoms with Crippen molar-refractivity contribution in [3.8, 4) is 0 Å². The molecule has 0 unspecified atom stereocenters. The van der Waals surface area contributed by atoms with Crippen molar-refractivity contribution < 1.29 is 33.3 Å². The molecule has 2 aromatic carbocycles. The summed E-state index contributed by atoms with van der Waals surface area (Å²) in [6.45, 7) is 8.86. The summed E-state index contributed by atoms with van der Waals surface area (Å²) >= 11 is 0. The van der Waals surface area contributed by atoms with Gasteiger partial charge in [0.1, 0.15) is 17.5 Å². The van der Waals surface area contributed by atoms with Crippen molar-refractivity contribution in [1.82, 2.24) is 0 Å². The Bertz CT molecular complexity index is 1800. The maximum atomic E-state index is 13.8. The number of Topliss-reactive ketones (excluding diaryl/α,β-unsaturated/α-hetero) is 1. The molecule has 4 aliphatic carbocycles. The number of hydrogen-bond acceptors (Lipinski definition) is 8. The number of benzene rings is 2. The highest BCUT2D eigenvalue weighted by atomic mass is 16.7. The summed E-state index contributed by atoms with van der Waals surface area (Å²) in [5.41, 5.74) is 10.0. The molecule has 10 nitrogen and oxygen atoms in total. The minimum atomic E-state index is -0.861. The lowest BCUT2D eigenvalue weighted by Gasteiger charge is -2.61. The highest BCUT2D eigenvalue weighted by molar-refractivity contribution is 5.90. The predicted molar refractivity (Wildman–Crippen MR) is 187 cm³/mol. The monoisotopic (exact) mass is 693 g/mol. The molecule has 8 rings (SSSR count). The van der Waals surface area contributed by atoms with E-state index in [0.717, 1.165) is 12.8 Å². The standard InChI is InChI=1S/C41H47N3O7/c1-24-35-33(50-41(24)18-17-38(2,23-48-41)51-37(47)26-13-9-6-10-14-26)20-30-28-16-15-27-19-32(45)31(43-44-42)22-39(27,3)29(28)21-34(40(30,35)4)49-36(46)25-11-7-5-8-12-25/h5-14,20,24,27-29,31,33-35H,15-19,21-23H2,1-4H3/t24-,27-,28+,29-,31+,33-,34-,35-,38-,39-,40+,41+/m0/s1. The van der Waals surface area contributed by atoms with Crippen LogP contribution in [0, 0.1) is 40.4 Å². The molecule has 10 heteroatoms. The number of carbonyl (C=O) groups is 3. The first-order valence-electron chi connectivity index (χ1n) is 18.6. The normalized spacial score (nSPS) is 42.4. The molecule has 2 heterocycles. The average molecular weight is 694 g/mol. The molecule has 2 aromatic rings. The summed E-state index contributed by atoms with van der Waals surface area (Å²) in [5, 5.41) is 3.94. The molecular formula is C41H47N3O7. The van der Waals surface area contributed by atoms with Crippen molar-refractivity contribution in [1.29, 1.82) is 0 Å². The largest absolute Gasteiger partial charge is 0.458 e. The van der Waals surface area contributed by atoms with Crippen LogP contribution in [0.4, 0.5) is 0 Å². The highest BCUT2D eigenvalue weighted by Crippen LogP contribution is 2.70. The summed E-state index contributed by atoms with van der Waals surface area (Å²) in [4.78, 5) is 42.9. The van der Waals surface area contributed by atoms with E-state index in [4.69, 9.17) is 18.9 Å². The molecule has 6 aliphatic rings. The number of ether oxygens (including phenoxy) is 4. The second-order valence-corrected chi connectivity index (χ2v) is 16.7. The van der Waals surface area contributed by atoms with Crippen molar-refractivity contribution in [3.05, 3.63) is 93.9 Å². The van der Waals surface area contributed by atoms with Gasteiger partial charge >= 0.3 is 11.9 Å². The topological polar surface area (TPSA) is 137 Å². The van der Waals surface area contributed by atoms with Gasteiger partial charge in [0.25, 0.3) is 0 Å². The molecule has 0 bridgehead atoms. The van der Waals surface area contributed by atoms with Crippen LogP contribution in [0.15, 0.2) is 77.4 Å². The van der Waals surface area contributed by atoms with E-state index in [1.54, 1.807) is 24.3 Å². The van der Waals surface area contributed by atoms with Gasteiger partial charge in [0.2, 0.25) is 0 Å². The Hall–Kier alpha value is -3.98. The van der Waals surface area contributed by atoms with Crippen LogP contribution in [0.5, 0.6) is 0 Å². The quantitative estimate of drug-likeness (QED) is 0.102. The fourth-order valence-electron chi connectivity index (χ4n) is 11.3. The summed E-state index contributed by atoms with van der Waals surface area (Å²) in [6, 6.07) is 17.5. The van der Waals surface area contributed by atoms with Gasteiger partial charge in [0, 0.05) is 35.0 Å². The molecule has 51 heavy (non-hydrogen) atoms. The first kappa shape index (κ1) is 34.1. The van der Waals surface area contributed by atoms with Crippen molar-refractivity contribution in [2.45, 2.75) is 102 Å². The molecule has 268 valence electrons. The molecule has 12 atom stereocenters. The molecule has 5 fully saturated rings. The van der Waals surface area contributed by atoms with Crippen LogP contribution in [0.2, 0.25) is 0 Å². The maximum Gasteiger partial charge on any atom is 0.338 e. The third kappa shape index (κ3) is 5.36. The first-order chi connectivity index (χ1) is 24.4. The minimum absolute atomic E-state index is 0.00681. The fraction of sp³-hybridized carbons (Fsp3) is 0.585. The van der Waals surface area contributed by atoms with Gasteiger partial charge in [-0.3, -0.25) is 4.79 Å². The van der Waals surface area contributed by atoms with Crippen LogP contribution >= 0.6 is 0 Å². The zero-order valence-corrected chi connectivity index (χ0v) is 29.8. The molecule has 2 aliphatic heterocycles. The smallest absolute Gasteiger partial charge is 0.338 e. The lowest BCUT2D eigenvalue weighted by Crippen LogP contribution is -2.59. The molecule has 2 saturated heterocycles. The van der Waals surface area contributed by atoms with Gasteiger partial charge in [0.15, 0.2) is 5.79 Å². The predicted octanol–water partition coefficient (Wildman–Crippen LogP) is 8.03. The number of rotatable bonds is 5. The van der Waals surface area contributed by atoms with Crippen LogP contribution in [-0.2, 0) is 23.7 Å². The lowest BCUT2D eigenvalue weighted by molar-refractivity contribution is -0.287. The number of esters is 2. The lowest BCUT2D eigenvalue weighted by atomic mass is 9.44.